The molecule has 10 heteroatoms. The van der Waals surface area contributed by atoms with Gasteiger partial charge in [-0.1, -0.05) is 0 Å². The van der Waals surface area contributed by atoms with Crippen molar-refractivity contribution in [3.8, 4) is 17.4 Å². The van der Waals surface area contributed by atoms with Crippen LogP contribution in [-0.2, 0) is 11.0 Å². The Morgan fingerprint density at radius 1 is 1.14 bits per heavy atom. The molecule has 0 radical (unpaired) electrons. The van der Waals surface area contributed by atoms with Crippen LogP contribution in [-0.4, -0.2) is 39.0 Å². The third-order valence-corrected chi connectivity index (χ3v) is 5.01. The summed E-state index contributed by atoms with van der Waals surface area (Å²) in [6.07, 6.45) is -3.78. The van der Waals surface area contributed by atoms with Gasteiger partial charge in [-0.3, -0.25) is 4.99 Å². The van der Waals surface area contributed by atoms with Gasteiger partial charge in [-0.05, 0) is 37.3 Å². The highest BCUT2D eigenvalue weighted by atomic mass is 32.2. The summed E-state index contributed by atoms with van der Waals surface area (Å²) in [5.41, 5.74) is -2.47. The van der Waals surface area contributed by atoms with Crippen molar-refractivity contribution in [2.24, 2.45) is 4.99 Å². The van der Waals surface area contributed by atoms with E-state index in [0.717, 1.165) is 12.1 Å². The van der Waals surface area contributed by atoms with Gasteiger partial charge in [-0.15, -0.1) is 11.8 Å². The predicted octanol–water partition coefficient (Wildman–Crippen LogP) is 4.26. The second-order valence-corrected chi connectivity index (χ2v) is 7.02. The minimum atomic E-state index is -4.47. The molecule has 1 aromatic carbocycles. The number of nitrogens with zero attached hydrogens (tertiary/aromatic N) is 2. The number of carbonyl (C=O) groups is 1. The van der Waals surface area contributed by atoms with Gasteiger partial charge in [-0.2, -0.15) is 13.2 Å². The van der Waals surface area contributed by atoms with Gasteiger partial charge in [0.15, 0.2) is 0 Å². The van der Waals surface area contributed by atoms with Gasteiger partial charge >= 0.3 is 12.1 Å². The van der Waals surface area contributed by atoms with Crippen molar-refractivity contribution >= 4 is 22.8 Å². The third-order valence-electron chi connectivity index (χ3n) is 3.83. The molecule has 1 aliphatic heterocycles. The average molecular weight is 412 g/mol. The van der Waals surface area contributed by atoms with E-state index >= 15 is 0 Å². The number of alkyl halides is 3. The number of aliphatic imine (C=N–C) groups is 1. The lowest BCUT2D eigenvalue weighted by Gasteiger charge is -2.26. The Balaban J connectivity index is 1.70. The maximum atomic E-state index is 12.5. The summed E-state index contributed by atoms with van der Waals surface area (Å²) in [4.78, 5) is 19.5. The molecular formula is C18H15F3N2O4S. The van der Waals surface area contributed by atoms with Crippen molar-refractivity contribution in [3.05, 3.63) is 48.2 Å². The van der Waals surface area contributed by atoms with Crippen LogP contribution in [0.3, 0.4) is 0 Å². The number of hydrogen-bond donors (Lipinski definition) is 1. The molecule has 28 heavy (non-hydrogen) atoms. The van der Waals surface area contributed by atoms with Crippen LogP contribution >= 0.6 is 11.8 Å². The van der Waals surface area contributed by atoms with Crippen molar-refractivity contribution in [3.63, 3.8) is 0 Å². The minimum Gasteiger partial charge on any atom is -0.478 e. The van der Waals surface area contributed by atoms with Crippen LogP contribution in [0.5, 0.6) is 17.4 Å². The number of thioether (sulfide) groups is 1. The minimum absolute atomic E-state index is 0.00578. The number of ether oxygens (including phenoxy) is 2. The molecule has 0 bridgehead atoms. The summed E-state index contributed by atoms with van der Waals surface area (Å²) in [7, 11) is 0. The normalized spacial score (nSPS) is 16.2. The van der Waals surface area contributed by atoms with Gasteiger partial charge in [-0.25, -0.2) is 9.78 Å². The van der Waals surface area contributed by atoms with Crippen molar-refractivity contribution in [1.82, 2.24) is 4.98 Å². The second kappa shape index (κ2) is 7.70. The quantitative estimate of drug-likeness (QED) is 0.764. The van der Waals surface area contributed by atoms with E-state index < -0.39 is 23.3 Å². The molecule has 1 unspecified atom stereocenters. The summed E-state index contributed by atoms with van der Waals surface area (Å²) >= 11 is 1.34. The summed E-state index contributed by atoms with van der Waals surface area (Å²) < 4.78 is 48.7. The molecule has 0 fully saturated rings. The monoisotopic (exact) mass is 412 g/mol. The fourth-order valence-electron chi connectivity index (χ4n) is 2.34. The Morgan fingerprint density at radius 3 is 2.32 bits per heavy atom. The highest BCUT2D eigenvalue weighted by molar-refractivity contribution is 8.14. The zero-order valence-electron chi connectivity index (χ0n) is 14.6. The molecule has 3 rings (SSSR count). The van der Waals surface area contributed by atoms with Gasteiger partial charge in [0.05, 0.1) is 5.56 Å². The molecule has 0 saturated heterocycles. The number of hydrogen-bond acceptors (Lipinski definition) is 6. The number of carboxylic acids is 1. The van der Waals surface area contributed by atoms with Crippen molar-refractivity contribution in [1.29, 1.82) is 0 Å². The van der Waals surface area contributed by atoms with Crippen LogP contribution in [0.4, 0.5) is 13.2 Å². The Kier molecular flexibility index (Phi) is 5.50. The third kappa shape index (κ3) is 4.38. The molecule has 6 nitrogen and oxygen atoms in total. The first kappa shape index (κ1) is 20.0. The number of benzene rings is 1. The number of aromatic nitrogens is 1. The average Bonchev–Trinajstić information content (AvgIpc) is 3.18. The number of aliphatic carboxylic acids is 1. The molecule has 0 amide bonds. The predicted molar refractivity (Wildman–Crippen MR) is 97.2 cm³/mol. The first-order valence-corrected chi connectivity index (χ1v) is 9.08. The molecule has 2 heterocycles. The first-order valence-electron chi connectivity index (χ1n) is 8.10. The van der Waals surface area contributed by atoms with Crippen LogP contribution in [0, 0.1) is 0 Å². The van der Waals surface area contributed by atoms with Crippen LogP contribution in [0.15, 0.2) is 47.6 Å². The van der Waals surface area contributed by atoms with Gasteiger partial charge in [0.2, 0.25) is 11.5 Å². The lowest BCUT2D eigenvalue weighted by Crippen LogP contribution is -2.47. The Morgan fingerprint density at radius 2 is 1.82 bits per heavy atom. The standard InChI is InChI=1S/C18H15F3N2O4S/c1-17(16(24)25,15-22-8-9-28-15)27-13-5-3-12(4-6-13)26-14-7-2-11(10-23-14)18(19,20)21/h2-7,10H,8-9H2,1H3,(H,24,25). The first-order chi connectivity index (χ1) is 13.2. The maximum absolute atomic E-state index is 12.5. The fraction of sp³-hybridized carbons (Fsp3) is 0.278. The van der Waals surface area contributed by atoms with Crippen LogP contribution < -0.4 is 9.47 Å². The van der Waals surface area contributed by atoms with E-state index in [0.29, 0.717) is 29.3 Å². The van der Waals surface area contributed by atoms with E-state index in [1.165, 1.54) is 43.0 Å². The number of carboxylic acid groups (broad SMARTS) is 1. The van der Waals surface area contributed by atoms with E-state index in [2.05, 4.69) is 9.98 Å². The van der Waals surface area contributed by atoms with Crippen LogP contribution in [0.25, 0.3) is 0 Å². The van der Waals surface area contributed by atoms with Gasteiger partial charge < -0.3 is 14.6 Å². The van der Waals surface area contributed by atoms with Crippen molar-refractivity contribution in [2.45, 2.75) is 18.7 Å². The SMILES string of the molecule is CC(Oc1ccc(Oc2ccc(C(F)(F)F)cn2)cc1)(C(=O)O)C1=NCCS1. The smallest absolute Gasteiger partial charge is 0.417 e. The fourth-order valence-corrected chi connectivity index (χ4v) is 3.31. The molecule has 0 spiro atoms. The number of pyridine rings is 1. The lowest BCUT2D eigenvalue weighted by molar-refractivity contribution is -0.148. The zero-order chi connectivity index (χ0) is 20.4. The van der Waals surface area contributed by atoms with Crippen molar-refractivity contribution < 1.29 is 32.5 Å². The molecule has 1 aromatic heterocycles. The molecule has 148 valence electrons. The maximum Gasteiger partial charge on any atom is 0.417 e. The van der Waals surface area contributed by atoms with Crippen molar-refractivity contribution in [2.75, 3.05) is 12.3 Å². The lowest BCUT2D eigenvalue weighted by atomic mass is 10.1. The van der Waals surface area contributed by atoms with Gasteiger partial charge in [0.25, 0.3) is 0 Å². The Bertz CT molecular complexity index is 885. The molecule has 2 aromatic rings. The van der Waals surface area contributed by atoms with E-state index in [-0.39, 0.29) is 11.6 Å². The summed E-state index contributed by atoms with van der Waals surface area (Å²) in [5.74, 6) is 0.134. The van der Waals surface area contributed by atoms with Crippen LogP contribution in [0.1, 0.15) is 12.5 Å². The van der Waals surface area contributed by atoms with E-state index in [4.69, 9.17) is 9.47 Å². The Hall–Kier alpha value is -2.75. The Labute approximate surface area is 162 Å². The largest absolute Gasteiger partial charge is 0.478 e. The molecular weight excluding hydrogens is 397 g/mol. The topological polar surface area (TPSA) is 81.0 Å². The summed E-state index contributed by atoms with van der Waals surface area (Å²) in [6, 6.07) is 7.99. The zero-order valence-corrected chi connectivity index (χ0v) is 15.4. The van der Waals surface area contributed by atoms with Gasteiger partial charge in [0.1, 0.15) is 16.5 Å². The molecule has 1 N–H and O–H groups in total. The van der Waals surface area contributed by atoms with Gasteiger partial charge in [0, 0.05) is 24.6 Å². The second-order valence-electron chi connectivity index (χ2n) is 5.93. The van der Waals surface area contributed by atoms with Crippen LogP contribution in [0.2, 0.25) is 0 Å². The molecule has 0 saturated carbocycles. The van der Waals surface area contributed by atoms with E-state index in [1.54, 1.807) is 0 Å². The van der Waals surface area contributed by atoms with E-state index in [9.17, 15) is 23.1 Å². The highest BCUT2D eigenvalue weighted by Gasteiger charge is 2.43. The molecule has 1 aliphatic rings. The highest BCUT2D eigenvalue weighted by Crippen LogP contribution is 2.32. The molecule has 1 atom stereocenters. The van der Waals surface area contributed by atoms with E-state index in [1.807, 2.05) is 0 Å². The number of rotatable bonds is 6. The number of halogens is 3. The summed E-state index contributed by atoms with van der Waals surface area (Å²) in [5, 5.41) is 9.95. The molecule has 0 aliphatic carbocycles. The summed E-state index contributed by atoms with van der Waals surface area (Å²) in [6.45, 7) is 1.97.